The Morgan fingerprint density at radius 2 is 2.17 bits per heavy atom. The molecule has 2 bridgehead atoms. The minimum atomic E-state index is -0.964. The van der Waals surface area contributed by atoms with Crippen LogP contribution in [0, 0.1) is 5.92 Å². The molecule has 1 aromatic carbocycles. The van der Waals surface area contributed by atoms with E-state index in [4.69, 9.17) is 15.2 Å². The first-order valence-electron chi connectivity index (χ1n) is 11.3. The summed E-state index contributed by atoms with van der Waals surface area (Å²) in [5.41, 5.74) is 6.20. The molecule has 6 atom stereocenters. The standard InChI is InChI=1S/C23H30N2O5/c1-12(24)21(27)29-16-6-7-23(28)17-10-14-4-5-15(26)19-18(14)22(23,20(16)30-19)8-9-25(17)11-13-2-3-13/h4-5,12-13,16-17,20,26,28H,2-3,6-11,24H2,1H3/t12-,16+,17+,20-,22-,23+/m0/s1. The summed E-state index contributed by atoms with van der Waals surface area (Å²) in [6, 6.07) is 2.98. The molecule has 7 nitrogen and oxygen atoms in total. The van der Waals surface area contributed by atoms with E-state index in [1.165, 1.54) is 12.8 Å². The number of esters is 1. The molecule has 0 unspecified atom stereocenters. The molecule has 2 aliphatic heterocycles. The lowest BCUT2D eigenvalue weighted by Crippen LogP contribution is -2.77. The Labute approximate surface area is 176 Å². The van der Waals surface area contributed by atoms with Crippen LogP contribution in [0.2, 0.25) is 0 Å². The molecule has 6 rings (SSSR count). The number of carbonyl (C=O) groups excluding carboxylic acids is 1. The van der Waals surface area contributed by atoms with Crippen molar-refractivity contribution in [2.45, 2.75) is 80.8 Å². The number of likely N-dealkylation sites (tertiary alicyclic amines) is 1. The highest BCUT2D eigenvalue weighted by Gasteiger charge is 2.73. The van der Waals surface area contributed by atoms with Gasteiger partial charge in [-0.3, -0.25) is 9.69 Å². The zero-order valence-electron chi connectivity index (χ0n) is 17.3. The van der Waals surface area contributed by atoms with Gasteiger partial charge in [0, 0.05) is 18.2 Å². The third-order valence-electron chi connectivity index (χ3n) is 8.35. The van der Waals surface area contributed by atoms with E-state index in [2.05, 4.69) is 4.90 Å². The first kappa shape index (κ1) is 18.9. The average Bonchev–Trinajstić information content (AvgIpc) is 3.44. The lowest BCUT2D eigenvalue weighted by Gasteiger charge is -2.64. The number of ether oxygens (including phenoxy) is 2. The monoisotopic (exact) mass is 414 g/mol. The molecule has 3 aliphatic carbocycles. The minimum Gasteiger partial charge on any atom is -0.504 e. The van der Waals surface area contributed by atoms with Crippen molar-refractivity contribution < 1.29 is 24.5 Å². The zero-order chi connectivity index (χ0) is 20.8. The van der Waals surface area contributed by atoms with E-state index in [0.29, 0.717) is 18.6 Å². The zero-order valence-corrected chi connectivity index (χ0v) is 17.3. The number of aromatic hydroxyl groups is 1. The van der Waals surface area contributed by atoms with Gasteiger partial charge in [-0.25, -0.2) is 0 Å². The Kier molecular flexibility index (Phi) is 3.85. The van der Waals surface area contributed by atoms with Gasteiger partial charge in [0.2, 0.25) is 0 Å². The lowest BCUT2D eigenvalue weighted by molar-refractivity contribution is -0.216. The van der Waals surface area contributed by atoms with Crippen molar-refractivity contribution in [3.8, 4) is 11.5 Å². The van der Waals surface area contributed by atoms with Crippen molar-refractivity contribution in [3.63, 3.8) is 0 Å². The van der Waals surface area contributed by atoms with Crippen LogP contribution in [0.1, 0.15) is 50.2 Å². The molecule has 0 aromatic heterocycles. The number of rotatable bonds is 4. The van der Waals surface area contributed by atoms with Crippen LogP contribution >= 0.6 is 0 Å². The molecule has 5 aliphatic rings. The highest BCUT2D eigenvalue weighted by molar-refractivity contribution is 5.75. The van der Waals surface area contributed by atoms with Crippen molar-refractivity contribution in [2.24, 2.45) is 11.7 Å². The maximum atomic E-state index is 12.3. The second-order valence-corrected chi connectivity index (χ2v) is 10.1. The molecule has 4 N–H and O–H groups in total. The average molecular weight is 415 g/mol. The van der Waals surface area contributed by atoms with Gasteiger partial charge >= 0.3 is 5.97 Å². The number of carbonyl (C=O) groups is 1. The van der Waals surface area contributed by atoms with Crippen LogP contribution < -0.4 is 10.5 Å². The van der Waals surface area contributed by atoms with Crippen LogP contribution in [0.3, 0.4) is 0 Å². The van der Waals surface area contributed by atoms with Crippen LogP contribution in [0.25, 0.3) is 0 Å². The number of phenols is 1. The molecule has 1 aromatic rings. The predicted molar refractivity (Wildman–Crippen MR) is 108 cm³/mol. The van der Waals surface area contributed by atoms with Crippen LogP contribution in [-0.4, -0.2) is 64.1 Å². The largest absolute Gasteiger partial charge is 0.504 e. The molecule has 30 heavy (non-hydrogen) atoms. The molecular weight excluding hydrogens is 384 g/mol. The number of piperidine rings is 1. The highest BCUT2D eigenvalue weighted by atomic mass is 16.6. The van der Waals surface area contributed by atoms with E-state index in [1.54, 1.807) is 13.0 Å². The topological polar surface area (TPSA) is 105 Å². The van der Waals surface area contributed by atoms with Crippen molar-refractivity contribution >= 4 is 5.97 Å². The Hall–Kier alpha value is -1.83. The van der Waals surface area contributed by atoms with Gasteiger partial charge in [-0.2, -0.15) is 0 Å². The van der Waals surface area contributed by atoms with Gasteiger partial charge in [-0.15, -0.1) is 0 Å². The number of nitrogens with two attached hydrogens (primary N) is 1. The lowest BCUT2D eigenvalue weighted by atomic mass is 9.48. The first-order chi connectivity index (χ1) is 14.3. The van der Waals surface area contributed by atoms with E-state index >= 15 is 0 Å². The fraction of sp³-hybridized carbons (Fsp3) is 0.696. The maximum absolute atomic E-state index is 12.3. The summed E-state index contributed by atoms with van der Waals surface area (Å²) in [6.45, 7) is 3.53. The summed E-state index contributed by atoms with van der Waals surface area (Å²) in [7, 11) is 0. The van der Waals surface area contributed by atoms with E-state index in [1.807, 2.05) is 6.07 Å². The number of nitrogens with zero attached hydrogens (tertiary/aromatic N) is 1. The quantitative estimate of drug-likeness (QED) is 0.636. The Morgan fingerprint density at radius 3 is 2.90 bits per heavy atom. The fourth-order valence-corrected chi connectivity index (χ4v) is 6.81. The molecular formula is C23H30N2O5. The third-order valence-corrected chi connectivity index (χ3v) is 8.35. The Bertz CT molecular complexity index is 915. The number of hydrogen-bond donors (Lipinski definition) is 3. The van der Waals surface area contributed by atoms with Crippen LogP contribution in [-0.2, 0) is 21.4 Å². The van der Waals surface area contributed by atoms with Crippen molar-refractivity contribution in [2.75, 3.05) is 13.1 Å². The van der Waals surface area contributed by atoms with Crippen LogP contribution in [0.4, 0.5) is 0 Å². The van der Waals surface area contributed by atoms with E-state index in [0.717, 1.165) is 43.0 Å². The predicted octanol–water partition coefficient (Wildman–Crippen LogP) is 1.22. The summed E-state index contributed by atoms with van der Waals surface area (Å²) in [5, 5.41) is 22.9. The highest BCUT2D eigenvalue weighted by Crippen LogP contribution is 2.65. The smallest absolute Gasteiger partial charge is 0.323 e. The van der Waals surface area contributed by atoms with Gasteiger partial charge in [-0.1, -0.05) is 6.07 Å². The fourth-order valence-electron chi connectivity index (χ4n) is 6.81. The van der Waals surface area contributed by atoms with Crippen molar-refractivity contribution in [3.05, 3.63) is 23.3 Å². The molecule has 3 fully saturated rings. The second-order valence-electron chi connectivity index (χ2n) is 10.1. The van der Waals surface area contributed by atoms with Gasteiger partial charge in [0.15, 0.2) is 11.5 Å². The second kappa shape index (κ2) is 6.11. The number of phenolic OH excluding ortho intramolecular Hbond substituents is 1. The summed E-state index contributed by atoms with van der Waals surface area (Å²) in [4.78, 5) is 14.8. The molecule has 0 amide bonds. The van der Waals surface area contributed by atoms with Gasteiger partial charge in [-0.05, 0) is 69.5 Å². The van der Waals surface area contributed by atoms with Crippen molar-refractivity contribution in [1.82, 2.24) is 4.90 Å². The first-order valence-corrected chi connectivity index (χ1v) is 11.3. The SMILES string of the molecule is C[C@H](N)C(=O)O[C@@H]1CC[C@@]2(O)[C@H]3Cc4ccc(O)c5c4[C@@]2(CCN3CC2CC2)[C@H]1O5. The molecule has 162 valence electrons. The van der Waals surface area contributed by atoms with Crippen LogP contribution in [0.5, 0.6) is 11.5 Å². The van der Waals surface area contributed by atoms with Crippen molar-refractivity contribution in [1.29, 1.82) is 0 Å². The van der Waals surface area contributed by atoms with Crippen LogP contribution in [0.15, 0.2) is 12.1 Å². The van der Waals surface area contributed by atoms with E-state index in [9.17, 15) is 15.0 Å². The summed E-state index contributed by atoms with van der Waals surface area (Å²) >= 11 is 0. The molecule has 2 heterocycles. The Balaban J connectivity index is 1.47. The van der Waals surface area contributed by atoms with Gasteiger partial charge in [0.25, 0.3) is 0 Å². The Morgan fingerprint density at radius 1 is 1.37 bits per heavy atom. The normalized spacial score (nSPS) is 39.8. The van der Waals surface area contributed by atoms with Gasteiger partial charge in [0.1, 0.15) is 18.2 Å². The van der Waals surface area contributed by atoms with Gasteiger partial charge < -0.3 is 25.4 Å². The molecule has 0 radical (unpaired) electrons. The van der Waals surface area contributed by atoms with E-state index < -0.39 is 35.2 Å². The summed E-state index contributed by atoms with van der Waals surface area (Å²) < 4.78 is 12.1. The summed E-state index contributed by atoms with van der Waals surface area (Å²) in [6.07, 6.45) is 4.12. The summed E-state index contributed by atoms with van der Waals surface area (Å²) in [5.74, 6) is 0.854. The molecule has 1 saturated heterocycles. The number of aliphatic hydroxyl groups is 1. The molecule has 7 heteroatoms. The minimum absolute atomic E-state index is 0.0195. The van der Waals surface area contributed by atoms with E-state index in [-0.39, 0.29) is 11.8 Å². The maximum Gasteiger partial charge on any atom is 0.323 e. The third kappa shape index (κ3) is 2.29. The number of benzene rings is 1. The number of hydrogen-bond acceptors (Lipinski definition) is 7. The van der Waals surface area contributed by atoms with Gasteiger partial charge in [0.05, 0.1) is 11.0 Å². The molecule has 2 saturated carbocycles. The molecule has 1 spiro atoms.